The standard InChI is InChI=1S/C22H33N3O2/c1-16(15-25-22-12-21(27-3)7-4-18(22)13-23-25)14-24-19-5-6-20(24)11-17(10-19)8-9-26-2/h4,7,12-13,16-17,19-20H,5-6,8-11,14-15H2,1-3H3/t16?,17?,19-,20+. The van der Waals surface area contributed by atoms with E-state index in [0.717, 1.165) is 36.9 Å². The van der Waals surface area contributed by atoms with Gasteiger partial charge in [0.05, 0.1) is 18.8 Å². The number of methoxy groups -OCH3 is 2. The zero-order valence-electron chi connectivity index (χ0n) is 16.9. The monoisotopic (exact) mass is 371 g/mol. The lowest BCUT2D eigenvalue weighted by Crippen LogP contribution is -2.45. The van der Waals surface area contributed by atoms with Crippen molar-refractivity contribution in [1.29, 1.82) is 0 Å². The quantitative estimate of drug-likeness (QED) is 0.704. The van der Waals surface area contributed by atoms with Crippen LogP contribution in [0.4, 0.5) is 0 Å². The molecule has 1 aromatic heterocycles. The summed E-state index contributed by atoms with van der Waals surface area (Å²) in [5, 5.41) is 5.81. The van der Waals surface area contributed by atoms with Crippen molar-refractivity contribution in [2.45, 2.75) is 57.7 Å². The van der Waals surface area contributed by atoms with Gasteiger partial charge in [0.25, 0.3) is 0 Å². The molecule has 3 heterocycles. The molecule has 0 saturated carbocycles. The molecular weight excluding hydrogens is 338 g/mol. The molecule has 2 aliphatic rings. The van der Waals surface area contributed by atoms with Crippen molar-refractivity contribution in [2.24, 2.45) is 11.8 Å². The summed E-state index contributed by atoms with van der Waals surface area (Å²) < 4.78 is 12.8. The minimum Gasteiger partial charge on any atom is -0.497 e. The van der Waals surface area contributed by atoms with Crippen molar-refractivity contribution in [3.8, 4) is 5.75 Å². The van der Waals surface area contributed by atoms with Crippen LogP contribution >= 0.6 is 0 Å². The molecule has 4 atom stereocenters. The summed E-state index contributed by atoms with van der Waals surface area (Å²) in [6.45, 7) is 5.41. The van der Waals surface area contributed by atoms with Crippen LogP contribution in [-0.2, 0) is 11.3 Å². The smallest absolute Gasteiger partial charge is 0.121 e. The minimum atomic E-state index is 0.581. The molecule has 0 aliphatic carbocycles. The first-order chi connectivity index (χ1) is 13.2. The first kappa shape index (κ1) is 18.8. The molecular formula is C22H33N3O2. The number of rotatable bonds is 8. The lowest BCUT2D eigenvalue weighted by Gasteiger charge is -2.40. The van der Waals surface area contributed by atoms with Gasteiger partial charge in [0.15, 0.2) is 0 Å². The van der Waals surface area contributed by atoms with Crippen LogP contribution in [-0.4, -0.2) is 54.1 Å². The second-order valence-corrected chi connectivity index (χ2v) is 8.56. The normalized spacial score (nSPS) is 26.6. The van der Waals surface area contributed by atoms with Gasteiger partial charge in [0, 0.05) is 50.3 Å². The fourth-order valence-corrected chi connectivity index (χ4v) is 5.24. The highest BCUT2D eigenvalue weighted by Crippen LogP contribution is 2.40. The number of ether oxygens (including phenoxy) is 2. The molecule has 0 N–H and O–H groups in total. The number of fused-ring (bicyclic) bond motifs is 3. The maximum Gasteiger partial charge on any atom is 0.121 e. The van der Waals surface area contributed by atoms with Crippen LogP contribution in [0.1, 0.15) is 39.0 Å². The summed E-state index contributed by atoms with van der Waals surface area (Å²) in [5.74, 6) is 2.34. The molecule has 2 unspecified atom stereocenters. The van der Waals surface area contributed by atoms with E-state index >= 15 is 0 Å². The zero-order chi connectivity index (χ0) is 18.8. The predicted octanol–water partition coefficient (Wildman–Crippen LogP) is 3.96. The van der Waals surface area contributed by atoms with Crippen molar-refractivity contribution >= 4 is 10.9 Å². The molecule has 0 amide bonds. The molecule has 0 spiro atoms. The number of hydrogen-bond donors (Lipinski definition) is 0. The Labute approximate surface area is 162 Å². The third-order valence-electron chi connectivity index (χ3n) is 6.57. The van der Waals surface area contributed by atoms with E-state index in [0.29, 0.717) is 5.92 Å². The molecule has 0 radical (unpaired) electrons. The van der Waals surface area contributed by atoms with Gasteiger partial charge >= 0.3 is 0 Å². The number of piperidine rings is 1. The largest absolute Gasteiger partial charge is 0.497 e. The van der Waals surface area contributed by atoms with E-state index in [1.54, 1.807) is 7.11 Å². The Morgan fingerprint density at radius 2 is 1.93 bits per heavy atom. The van der Waals surface area contributed by atoms with Crippen LogP contribution in [0.15, 0.2) is 24.4 Å². The summed E-state index contributed by atoms with van der Waals surface area (Å²) in [5.41, 5.74) is 1.17. The van der Waals surface area contributed by atoms with Gasteiger partial charge in [-0.1, -0.05) is 6.92 Å². The van der Waals surface area contributed by atoms with Gasteiger partial charge in [0.1, 0.15) is 5.75 Å². The number of benzene rings is 1. The lowest BCUT2D eigenvalue weighted by molar-refractivity contribution is 0.0700. The summed E-state index contributed by atoms with van der Waals surface area (Å²) in [6.07, 6.45) is 8.66. The molecule has 4 rings (SSSR count). The zero-order valence-corrected chi connectivity index (χ0v) is 16.9. The van der Waals surface area contributed by atoms with Gasteiger partial charge in [0.2, 0.25) is 0 Å². The van der Waals surface area contributed by atoms with Crippen LogP contribution in [0.25, 0.3) is 10.9 Å². The Hall–Kier alpha value is -1.59. The molecule has 2 saturated heterocycles. The van der Waals surface area contributed by atoms with Crippen LogP contribution in [0.5, 0.6) is 5.75 Å². The van der Waals surface area contributed by atoms with Gasteiger partial charge in [-0.25, -0.2) is 0 Å². The first-order valence-corrected chi connectivity index (χ1v) is 10.4. The summed E-state index contributed by atoms with van der Waals surface area (Å²) in [7, 11) is 3.54. The minimum absolute atomic E-state index is 0.581. The Balaban J connectivity index is 1.38. The Morgan fingerprint density at radius 3 is 2.63 bits per heavy atom. The van der Waals surface area contributed by atoms with Crippen molar-refractivity contribution in [2.75, 3.05) is 27.4 Å². The van der Waals surface area contributed by atoms with Crippen molar-refractivity contribution < 1.29 is 9.47 Å². The molecule has 2 aliphatic heterocycles. The number of aromatic nitrogens is 2. The van der Waals surface area contributed by atoms with Gasteiger partial charge in [-0.2, -0.15) is 5.10 Å². The molecule has 5 nitrogen and oxygen atoms in total. The van der Waals surface area contributed by atoms with E-state index in [-0.39, 0.29) is 0 Å². The van der Waals surface area contributed by atoms with E-state index in [1.807, 2.05) is 19.4 Å². The van der Waals surface area contributed by atoms with Crippen LogP contribution in [0.2, 0.25) is 0 Å². The van der Waals surface area contributed by atoms with Gasteiger partial charge in [-0.05, 0) is 56.1 Å². The van der Waals surface area contributed by atoms with Crippen molar-refractivity contribution in [3.63, 3.8) is 0 Å². The van der Waals surface area contributed by atoms with Gasteiger partial charge in [-0.15, -0.1) is 0 Å². The van der Waals surface area contributed by atoms with Crippen LogP contribution < -0.4 is 4.74 Å². The third-order valence-corrected chi connectivity index (χ3v) is 6.57. The second kappa shape index (κ2) is 8.19. The highest BCUT2D eigenvalue weighted by atomic mass is 16.5. The molecule has 2 aromatic rings. The summed E-state index contributed by atoms with van der Waals surface area (Å²) in [6, 6.07) is 7.75. The van der Waals surface area contributed by atoms with Crippen molar-refractivity contribution in [1.82, 2.24) is 14.7 Å². The summed E-state index contributed by atoms with van der Waals surface area (Å²) >= 11 is 0. The number of hydrogen-bond acceptors (Lipinski definition) is 4. The highest BCUT2D eigenvalue weighted by molar-refractivity contribution is 5.80. The Morgan fingerprint density at radius 1 is 1.15 bits per heavy atom. The Bertz CT molecular complexity index is 745. The van der Waals surface area contributed by atoms with E-state index in [9.17, 15) is 0 Å². The average molecular weight is 372 g/mol. The topological polar surface area (TPSA) is 39.5 Å². The van der Waals surface area contributed by atoms with E-state index in [2.05, 4.69) is 33.7 Å². The molecule has 148 valence electrons. The highest BCUT2D eigenvalue weighted by Gasteiger charge is 2.40. The third kappa shape index (κ3) is 3.99. The van der Waals surface area contributed by atoms with Crippen molar-refractivity contribution in [3.05, 3.63) is 24.4 Å². The predicted molar refractivity (Wildman–Crippen MR) is 108 cm³/mol. The fourth-order valence-electron chi connectivity index (χ4n) is 5.24. The second-order valence-electron chi connectivity index (χ2n) is 8.56. The van der Waals surface area contributed by atoms with Gasteiger partial charge in [-0.3, -0.25) is 9.58 Å². The SMILES string of the molecule is COCCC1C[C@H]2CC[C@@H](C1)N2CC(C)Cn1ncc2ccc(OC)cc21. The van der Waals surface area contributed by atoms with Crippen LogP contribution in [0, 0.1) is 11.8 Å². The number of nitrogens with zero attached hydrogens (tertiary/aromatic N) is 3. The molecule has 2 fully saturated rings. The van der Waals surface area contributed by atoms with E-state index < -0.39 is 0 Å². The molecule has 27 heavy (non-hydrogen) atoms. The maximum atomic E-state index is 5.39. The average Bonchev–Trinajstić information content (AvgIpc) is 3.16. The molecule has 2 bridgehead atoms. The fraction of sp³-hybridized carbons (Fsp3) is 0.682. The Kier molecular flexibility index (Phi) is 5.69. The summed E-state index contributed by atoms with van der Waals surface area (Å²) in [4.78, 5) is 2.81. The van der Waals surface area contributed by atoms with E-state index in [4.69, 9.17) is 9.47 Å². The van der Waals surface area contributed by atoms with Gasteiger partial charge < -0.3 is 9.47 Å². The molecule has 1 aromatic carbocycles. The molecule has 5 heteroatoms. The van der Waals surface area contributed by atoms with E-state index in [1.165, 1.54) is 49.6 Å². The van der Waals surface area contributed by atoms with Crippen LogP contribution in [0.3, 0.4) is 0 Å². The lowest BCUT2D eigenvalue weighted by atomic mass is 9.88. The first-order valence-electron chi connectivity index (χ1n) is 10.4. The maximum absolute atomic E-state index is 5.39.